The summed E-state index contributed by atoms with van der Waals surface area (Å²) in [6, 6.07) is 10.9. The summed E-state index contributed by atoms with van der Waals surface area (Å²) in [5.74, 6) is 1.01. The van der Waals surface area contributed by atoms with Crippen LogP contribution >= 0.6 is 11.8 Å². The minimum Gasteiger partial charge on any atom is -0.354 e. The predicted molar refractivity (Wildman–Crippen MR) is 131 cm³/mol. The first-order chi connectivity index (χ1) is 15.4. The first-order valence-corrected chi connectivity index (χ1v) is 11.1. The fourth-order valence-corrected chi connectivity index (χ4v) is 4.07. The molecular formula is C23H25N7OS. The van der Waals surface area contributed by atoms with Crippen molar-refractivity contribution >= 4 is 50.2 Å². The smallest absolute Gasteiger partial charge is 0.257 e. The van der Waals surface area contributed by atoms with Gasteiger partial charge in [-0.3, -0.25) is 15.6 Å². The number of benzene rings is 1. The van der Waals surface area contributed by atoms with E-state index in [2.05, 4.69) is 32.1 Å². The Kier molecular flexibility index (Phi) is 6.48. The fourth-order valence-electron chi connectivity index (χ4n) is 3.52. The number of amides is 1. The van der Waals surface area contributed by atoms with Gasteiger partial charge in [-0.2, -0.15) is 0 Å². The molecule has 0 saturated carbocycles. The van der Waals surface area contributed by atoms with E-state index < -0.39 is 0 Å². The van der Waals surface area contributed by atoms with Crippen molar-refractivity contribution in [3.63, 3.8) is 0 Å². The molecule has 0 aliphatic carbocycles. The topological polar surface area (TPSA) is 109 Å². The summed E-state index contributed by atoms with van der Waals surface area (Å²) in [4.78, 5) is 26.1. The minimum absolute atomic E-state index is 0.242. The van der Waals surface area contributed by atoms with Crippen molar-refractivity contribution in [2.45, 2.75) is 6.92 Å². The molecule has 3 N–H and O–H groups in total. The highest BCUT2D eigenvalue weighted by Crippen LogP contribution is 2.22. The molecule has 32 heavy (non-hydrogen) atoms. The number of anilines is 2. The van der Waals surface area contributed by atoms with E-state index in [-0.39, 0.29) is 5.91 Å². The molecule has 2 aromatic heterocycles. The molecule has 1 aromatic carbocycles. The van der Waals surface area contributed by atoms with Gasteiger partial charge in [0.05, 0.1) is 5.04 Å². The lowest BCUT2D eigenvalue weighted by atomic mass is 10.1. The number of carbonyl (C=O) groups excluding carboxylic acids is 1. The largest absolute Gasteiger partial charge is 0.354 e. The average molecular weight is 448 g/mol. The summed E-state index contributed by atoms with van der Waals surface area (Å²) in [5, 5.41) is 21.1. The molecule has 1 aliphatic rings. The van der Waals surface area contributed by atoms with Crippen LogP contribution in [-0.2, 0) is 0 Å². The zero-order valence-electron chi connectivity index (χ0n) is 18.1. The highest BCUT2D eigenvalue weighted by molar-refractivity contribution is 8.26. The zero-order valence-corrected chi connectivity index (χ0v) is 18.9. The molecule has 8 nitrogen and oxygen atoms in total. The highest BCUT2D eigenvalue weighted by Gasteiger charge is 2.17. The Morgan fingerprint density at radius 3 is 2.53 bits per heavy atom. The quantitative estimate of drug-likeness (QED) is 0.416. The van der Waals surface area contributed by atoms with E-state index in [9.17, 15) is 4.79 Å². The van der Waals surface area contributed by atoms with Crippen LogP contribution in [0.5, 0.6) is 0 Å². The van der Waals surface area contributed by atoms with Crippen LogP contribution in [0.25, 0.3) is 10.8 Å². The number of rotatable bonds is 4. The van der Waals surface area contributed by atoms with Crippen molar-refractivity contribution in [2.75, 3.05) is 43.4 Å². The number of hydrogen-bond donors (Lipinski definition) is 3. The molecule has 1 fully saturated rings. The van der Waals surface area contributed by atoms with Gasteiger partial charge in [0.1, 0.15) is 16.7 Å². The molecule has 0 radical (unpaired) electrons. The number of likely N-dealkylation sites (N-methyl/N-ethyl adjacent to an activating group) is 1. The van der Waals surface area contributed by atoms with Gasteiger partial charge in [0.2, 0.25) is 0 Å². The van der Waals surface area contributed by atoms with Gasteiger partial charge < -0.3 is 15.1 Å². The molecule has 3 aromatic rings. The lowest BCUT2D eigenvalue weighted by molar-refractivity contribution is 0.102. The maximum absolute atomic E-state index is 12.9. The van der Waals surface area contributed by atoms with Gasteiger partial charge in [0.15, 0.2) is 0 Å². The van der Waals surface area contributed by atoms with Crippen molar-refractivity contribution in [3.8, 4) is 0 Å². The zero-order chi connectivity index (χ0) is 22.7. The molecule has 1 aliphatic heterocycles. The molecule has 1 saturated heterocycles. The fraction of sp³-hybridized carbons (Fsp3) is 0.261. The van der Waals surface area contributed by atoms with Crippen LogP contribution in [0, 0.1) is 10.8 Å². The Balaban J connectivity index is 1.51. The molecular weight excluding hydrogens is 422 g/mol. The molecule has 0 unspecified atom stereocenters. The van der Waals surface area contributed by atoms with Crippen LogP contribution in [0.4, 0.5) is 11.6 Å². The molecule has 0 bridgehead atoms. The van der Waals surface area contributed by atoms with E-state index in [4.69, 9.17) is 10.8 Å². The van der Waals surface area contributed by atoms with Crippen molar-refractivity contribution < 1.29 is 4.79 Å². The Hall–Kier alpha value is -3.30. The Bertz CT molecular complexity index is 1190. The van der Waals surface area contributed by atoms with Crippen LogP contribution in [0.3, 0.4) is 0 Å². The number of hydrogen-bond acceptors (Lipinski definition) is 8. The molecule has 3 heterocycles. The van der Waals surface area contributed by atoms with Crippen LogP contribution in [0.1, 0.15) is 22.8 Å². The second-order valence-corrected chi connectivity index (χ2v) is 8.99. The van der Waals surface area contributed by atoms with Gasteiger partial charge in [-0.1, -0.05) is 23.9 Å². The monoisotopic (exact) mass is 447 g/mol. The first-order valence-electron chi connectivity index (χ1n) is 10.3. The number of piperazine rings is 1. The van der Waals surface area contributed by atoms with Crippen LogP contribution < -0.4 is 10.2 Å². The third-order valence-electron chi connectivity index (χ3n) is 5.32. The number of nitrogens with zero attached hydrogens (tertiary/aromatic N) is 4. The van der Waals surface area contributed by atoms with Crippen LogP contribution in [0.2, 0.25) is 0 Å². The van der Waals surface area contributed by atoms with E-state index in [0.29, 0.717) is 21.5 Å². The highest BCUT2D eigenvalue weighted by atomic mass is 32.2. The second-order valence-electron chi connectivity index (χ2n) is 7.77. The van der Waals surface area contributed by atoms with Gasteiger partial charge in [0, 0.05) is 55.1 Å². The molecule has 0 spiro atoms. The van der Waals surface area contributed by atoms with Gasteiger partial charge in [-0.25, -0.2) is 9.97 Å². The van der Waals surface area contributed by atoms with Crippen molar-refractivity contribution in [1.82, 2.24) is 14.9 Å². The summed E-state index contributed by atoms with van der Waals surface area (Å²) in [6.07, 6.45) is 3.37. The summed E-state index contributed by atoms with van der Waals surface area (Å²) in [6.45, 7) is 5.36. The third kappa shape index (κ3) is 5.12. The minimum atomic E-state index is -0.242. The normalized spacial score (nSPS) is 14.4. The molecule has 164 valence electrons. The lowest BCUT2D eigenvalue weighted by Gasteiger charge is -2.33. The van der Waals surface area contributed by atoms with Gasteiger partial charge in [0.25, 0.3) is 5.91 Å². The van der Waals surface area contributed by atoms with E-state index in [1.165, 1.54) is 0 Å². The van der Waals surface area contributed by atoms with Gasteiger partial charge in [-0.05, 0) is 43.6 Å². The van der Waals surface area contributed by atoms with Gasteiger partial charge in [-0.15, -0.1) is 0 Å². The molecule has 4 rings (SSSR count). The maximum atomic E-state index is 12.9. The van der Waals surface area contributed by atoms with E-state index in [0.717, 1.165) is 60.1 Å². The van der Waals surface area contributed by atoms with Crippen molar-refractivity contribution in [2.24, 2.45) is 0 Å². The number of fused-ring (bicyclic) bond motifs is 1. The summed E-state index contributed by atoms with van der Waals surface area (Å²) >= 11 is 1.11. The van der Waals surface area contributed by atoms with E-state index in [1.54, 1.807) is 31.5 Å². The van der Waals surface area contributed by atoms with Crippen molar-refractivity contribution in [3.05, 3.63) is 59.9 Å². The number of carbonyl (C=O) groups is 1. The number of pyridine rings is 2. The second kappa shape index (κ2) is 9.46. The van der Waals surface area contributed by atoms with Gasteiger partial charge >= 0.3 is 0 Å². The molecule has 0 atom stereocenters. The van der Waals surface area contributed by atoms with Crippen LogP contribution in [-0.4, -0.2) is 64.1 Å². The number of thioether (sulfide) groups is 1. The Morgan fingerprint density at radius 1 is 1.00 bits per heavy atom. The summed E-state index contributed by atoms with van der Waals surface area (Å²) < 4.78 is 0. The maximum Gasteiger partial charge on any atom is 0.257 e. The number of nitrogens with one attached hydrogen (secondary N) is 3. The first kappa shape index (κ1) is 21.9. The number of aromatic nitrogens is 2. The van der Waals surface area contributed by atoms with E-state index in [1.807, 2.05) is 24.3 Å². The standard InChI is InChI=1S/C23H25N7OS/c1-15(24)32-22(25)16-3-4-18-14-27-20(12-19(18)11-16)28-23(31)17-5-6-26-21(13-17)30-9-7-29(2)8-10-30/h3-6,11-14,24-25H,7-10H2,1-2H3,(H,27,28,31). The third-order valence-corrected chi connectivity index (χ3v) is 6.06. The SMILES string of the molecule is CC(=N)SC(=N)c1ccc2cnc(NC(=O)c3ccnc(N4CCN(C)CC4)c3)cc2c1. The molecule has 1 amide bonds. The van der Waals surface area contributed by atoms with Crippen molar-refractivity contribution in [1.29, 1.82) is 10.8 Å². The Labute approximate surface area is 191 Å². The summed E-state index contributed by atoms with van der Waals surface area (Å²) in [7, 11) is 2.10. The predicted octanol–water partition coefficient (Wildman–Crippen LogP) is 3.69. The average Bonchev–Trinajstić information content (AvgIpc) is 2.78. The lowest BCUT2D eigenvalue weighted by Crippen LogP contribution is -2.44. The Morgan fingerprint density at radius 2 is 1.78 bits per heavy atom. The van der Waals surface area contributed by atoms with E-state index >= 15 is 0 Å². The summed E-state index contributed by atoms with van der Waals surface area (Å²) in [5.41, 5.74) is 1.26. The molecule has 9 heteroatoms. The van der Waals surface area contributed by atoms with Crippen LogP contribution in [0.15, 0.2) is 48.8 Å².